The van der Waals surface area contributed by atoms with E-state index < -0.39 is 0 Å². The van der Waals surface area contributed by atoms with E-state index in [9.17, 15) is 9.59 Å². The van der Waals surface area contributed by atoms with Gasteiger partial charge in [-0.05, 0) is 43.0 Å². The molecule has 2 aromatic rings. The molecule has 0 heterocycles. The second kappa shape index (κ2) is 8.52. The Hall–Kier alpha value is -2.82. The van der Waals surface area contributed by atoms with Crippen LogP contribution >= 0.6 is 0 Å². The molecule has 26 heavy (non-hydrogen) atoms. The van der Waals surface area contributed by atoms with Crippen molar-refractivity contribution in [3.8, 4) is 5.75 Å². The first kappa shape index (κ1) is 18.0. The van der Waals surface area contributed by atoms with Crippen LogP contribution < -0.4 is 15.4 Å². The molecule has 1 unspecified atom stereocenters. The molecule has 136 valence electrons. The van der Waals surface area contributed by atoms with E-state index in [-0.39, 0.29) is 30.3 Å². The maximum absolute atomic E-state index is 12.4. The summed E-state index contributed by atoms with van der Waals surface area (Å²) in [5.74, 6) is 0.657. The summed E-state index contributed by atoms with van der Waals surface area (Å²) < 4.78 is 5.49. The molecule has 2 N–H and O–H groups in total. The summed E-state index contributed by atoms with van der Waals surface area (Å²) in [5, 5.41) is 5.73. The zero-order chi connectivity index (χ0) is 18.4. The van der Waals surface area contributed by atoms with Gasteiger partial charge in [0.15, 0.2) is 0 Å². The first-order valence-electron chi connectivity index (χ1n) is 9.02. The van der Waals surface area contributed by atoms with Crippen molar-refractivity contribution in [1.82, 2.24) is 10.6 Å². The second-order valence-electron chi connectivity index (χ2n) is 6.41. The van der Waals surface area contributed by atoms with Gasteiger partial charge in [-0.2, -0.15) is 0 Å². The van der Waals surface area contributed by atoms with Gasteiger partial charge in [0.1, 0.15) is 5.75 Å². The van der Waals surface area contributed by atoms with Gasteiger partial charge in [0, 0.05) is 5.92 Å². The predicted octanol–water partition coefficient (Wildman–Crippen LogP) is 2.82. The third-order valence-electron chi connectivity index (χ3n) is 4.33. The van der Waals surface area contributed by atoms with Crippen LogP contribution in [0, 0.1) is 5.92 Å². The van der Waals surface area contributed by atoms with Gasteiger partial charge in [-0.1, -0.05) is 42.5 Å². The van der Waals surface area contributed by atoms with Gasteiger partial charge in [0.25, 0.3) is 0 Å². The molecule has 3 rings (SSSR count). The Kier molecular flexibility index (Phi) is 5.89. The van der Waals surface area contributed by atoms with Crippen LogP contribution in [0.4, 0.5) is 0 Å². The topological polar surface area (TPSA) is 67.4 Å². The smallest absolute Gasteiger partial charge is 0.240 e. The normalized spacial score (nSPS) is 14.3. The molecule has 5 heteroatoms. The minimum absolute atomic E-state index is 0.00427. The molecule has 2 amide bonds. The summed E-state index contributed by atoms with van der Waals surface area (Å²) in [6, 6.07) is 17.2. The molecule has 1 saturated carbocycles. The highest BCUT2D eigenvalue weighted by Gasteiger charge is 2.29. The fraction of sp³-hybridized carbons (Fsp3) is 0.333. The fourth-order valence-electron chi connectivity index (χ4n) is 2.80. The lowest BCUT2D eigenvalue weighted by molar-refractivity contribution is -0.127. The highest BCUT2D eigenvalue weighted by molar-refractivity contribution is 5.87. The van der Waals surface area contributed by atoms with Crippen LogP contribution in [-0.4, -0.2) is 25.0 Å². The van der Waals surface area contributed by atoms with Crippen molar-refractivity contribution >= 4 is 11.8 Å². The summed E-state index contributed by atoms with van der Waals surface area (Å²) in [7, 11) is 0. The van der Waals surface area contributed by atoms with Crippen LogP contribution in [0.15, 0.2) is 54.6 Å². The molecule has 0 saturated heterocycles. The maximum Gasteiger partial charge on any atom is 0.240 e. The number of carbonyl (C=O) groups excluding carboxylic acids is 2. The molecular weight excluding hydrogens is 328 g/mol. The first-order valence-corrected chi connectivity index (χ1v) is 9.02. The van der Waals surface area contributed by atoms with Crippen molar-refractivity contribution in [2.75, 3.05) is 13.2 Å². The van der Waals surface area contributed by atoms with E-state index in [0.29, 0.717) is 6.61 Å². The van der Waals surface area contributed by atoms with Crippen LogP contribution in [-0.2, 0) is 9.59 Å². The lowest BCUT2D eigenvalue weighted by Crippen LogP contribution is -2.39. The van der Waals surface area contributed by atoms with E-state index in [4.69, 9.17) is 4.74 Å². The molecule has 1 atom stereocenters. The molecule has 0 aromatic heterocycles. The lowest BCUT2D eigenvalue weighted by atomic mass is 9.98. The number of nitrogens with one attached hydrogen (secondary N) is 2. The molecule has 5 nitrogen and oxygen atoms in total. The first-order chi connectivity index (χ1) is 12.7. The van der Waals surface area contributed by atoms with E-state index in [2.05, 4.69) is 10.6 Å². The molecule has 0 spiro atoms. The van der Waals surface area contributed by atoms with Crippen molar-refractivity contribution in [2.24, 2.45) is 5.92 Å². The van der Waals surface area contributed by atoms with Crippen LogP contribution in [0.1, 0.15) is 36.9 Å². The summed E-state index contributed by atoms with van der Waals surface area (Å²) >= 11 is 0. The van der Waals surface area contributed by atoms with Crippen LogP contribution in [0.25, 0.3) is 0 Å². The highest BCUT2D eigenvalue weighted by atomic mass is 16.5. The lowest BCUT2D eigenvalue weighted by Gasteiger charge is -2.20. The molecule has 1 fully saturated rings. The second-order valence-corrected chi connectivity index (χ2v) is 6.41. The minimum atomic E-state index is -0.280. The monoisotopic (exact) mass is 352 g/mol. The van der Waals surface area contributed by atoms with Crippen LogP contribution in [0.3, 0.4) is 0 Å². The quantitative estimate of drug-likeness (QED) is 0.768. The predicted molar refractivity (Wildman–Crippen MR) is 99.8 cm³/mol. The SMILES string of the molecule is CCOc1ccc(C(NC(=O)CNC(=O)C2CC2)c2ccccc2)cc1. The zero-order valence-corrected chi connectivity index (χ0v) is 14.9. The number of amides is 2. The number of carbonyl (C=O) groups is 2. The minimum Gasteiger partial charge on any atom is -0.494 e. The van der Waals surface area contributed by atoms with Gasteiger partial charge >= 0.3 is 0 Å². The van der Waals surface area contributed by atoms with Gasteiger partial charge in [0.05, 0.1) is 19.2 Å². The molecule has 1 aliphatic carbocycles. The molecule has 2 aromatic carbocycles. The third-order valence-corrected chi connectivity index (χ3v) is 4.33. The maximum atomic E-state index is 12.4. The average molecular weight is 352 g/mol. The van der Waals surface area contributed by atoms with Gasteiger partial charge < -0.3 is 15.4 Å². The van der Waals surface area contributed by atoms with Crippen molar-refractivity contribution < 1.29 is 14.3 Å². The fourth-order valence-corrected chi connectivity index (χ4v) is 2.80. The number of hydrogen-bond acceptors (Lipinski definition) is 3. The van der Waals surface area contributed by atoms with Crippen molar-refractivity contribution in [1.29, 1.82) is 0 Å². The molecule has 0 aliphatic heterocycles. The molecule has 1 aliphatic rings. The standard InChI is InChI=1S/C21H24N2O3/c1-2-26-18-12-10-16(11-13-18)20(15-6-4-3-5-7-15)23-19(24)14-22-21(25)17-8-9-17/h3-7,10-13,17,20H,2,8-9,14H2,1H3,(H,22,25)(H,23,24). The Balaban J connectivity index is 1.70. The highest BCUT2D eigenvalue weighted by Crippen LogP contribution is 2.28. The summed E-state index contributed by atoms with van der Waals surface area (Å²) in [6.45, 7) is 2.55. The Morgan fingerprint density at radius 2 is 1.69 bits per heavy atom. The van der Waals surface area contributed by atoms with Crippen molar-refractivity contribution in [3.05, 3.63) is 65.7 Å². The Labute approximate surface area is 153 Å². The molecule has 0 bridgehead atoms. The molecular formula is C21H24N2O3. The van der Waals surface area contributed by atoms with Crippen molar-refractivity contribution in [3.63, 3.8) is 0 Å². The number of ether oxygens (including phenoxy) is 1. The van der Waals surface area contributed by atoms with Gasteiger partial charge in [-0.25, -0.2) is 0 Å². The van der Waals surface area contributed by atoms with E-state index in [1.54, 1.807) is 0 Å². The largest absolute Gasteiger partial charge is 0.494 e. The Morgan fingerprint density at radius 3 is 2.31 bits per heavy atom. The van der Waals surface area contributed by atoms with E-state index in [0.717, 1.165) is 29.7 Å². The summed E-state index contributed by atoms with van der Waals surface area (Å²) in [5.41, 5.74) is 1.94. The zero-order valence-electron chi connectivity index (χ0n) is 14.9. The van der Waals surface area contributed by atoms with Crippen LogP contribution in [0.2, 0.25) is 0 Å². The van der Waals surface area contributed by atoms with Crippen molar-refractivity contribution in [2.45, 2.75) is 25.8 Å². The number of benzene rings is 2. The van der Waals surface area contributed by atoms with Gasteiger partial charge in [-0.15, -0.1) is 0 Å². The van der Waals surface area contributed by atoms with E-state index in [1.807, 2.05) is 61.5 Å². The Bertz CT molecular complexity index is 740. The number of rotatable bonds is 8. The van der Waals surface area contributed by atoms with E-state index in [1.165, 1.54) is 0 Å². The van der Waals surface area contributed by atoms with E-state index >= 15 is 0 Å². The number of hydrogen-bond donors (Lipinski definition) is 2. The van der Waals surface area contributed by atoms with Gasteiger partial charge in [0.2, 0.25) is 11.8 Å². The summed E-state index contributed by atoms with van der Waals surface area (Å²) in [4.78, 5) is 24.1. The van der Waals surface area contributed by atoms with Gasteiger partial charge in [-0.3, -0.25) is 9.59 Å². The summed E-state index contributed by atoms with van der Waals surface area (Å²) in [6.07, 6.45) is 1.85. The molecule has 0 radical (unpaired) electrons. The van der Waals surface area contributed by atoms with Crippen LogP contribution in [0.5, 0.6) is 5.75 Å². The Morgan fingerprint density at radius 1 is 1.04 bits per heavy atom. The average Bonchev–Trinajstić information content (AvgIpc) is 3.51. The third kappa shape index (κ3) is 4.85.